The van der Waals surface area contributed by atoms with Gasteiger partial charge in [-0.05, 0) is 68.2 Å². The highest BCUT2D eigenvalue weighted by atomic mass is 19.1. The smallest absolute Gasteiger partial charge is 0.303 e. The van der Waals surface area contributed by atoms with E-state index in [0.717, 1.165) is 19.3 Å². The number of nitrogens with one attached hydrogen (secondary N) is 1. The quantitative estimate of drug-likeness (QED) is 0.479. The SMILES string of the molecule is CC(C)(CC1Cc2ccccc2C1)NC[C@H](O)COc1c(C#N)ccc(CCC(=O)O)c1F. The molecule has 0 fully saturated rings. The Kier molecular flexibility index (Phi) is 8.06. The van der Waals surface area contributed by atoms with E-state index >= 15 is 0 Å². The van der Waals surface area contributed by atoms with Gasteiger partial charge in [0.2, 0.25) is 0 Å². The molecule has 1 aliphatic carbocycles. The molecule has 0 aliphatic heterocycles. The predicted molar refractivity (Wildman–Crippen MR) is 123 cm³/mol. The summed E-state index contributed by atoms with van der Waals surface area (Å²) in [6.45, 7) is 4.27. The molecule has 0 unspecified atom stereocenters. The summed E-state index contributed by atoms with van der Waals surface area (Å²) in [7, 11) is 0. The summed E-state index contributed by atoms with van der Waals surface area (Å²) in [5, 5.41) is 31.9. The second-order valence-corrected chi connectivity index (χ2v) is 9.40. The zero-order valence-corrected chi connectivity index (χ0v) is 19.1. The number of hydrogen-bond acceptors (Lipinski definition) is 5. The zero-order valence-electron chi connectivity index (χ0n) is 19.1. The van der Waals surface area contributed by atoms with E-state index < -0.39 is 17.9 Å². The predicted octanol–water partition coefficient (Wildman–Crippen LogP) is 3.63. The van der Waals surface area contributed by atoms with Crippen molar-refractivity contribution < 1.29 is 24.1 Å². The zero-order chi connectivity index (χ0) is 24.0. The van der Waals surface area contributed by atoms with Gasteiger partial charge in [-0.25, -0.2) is 4.39 Å². The van der Waals surface area contributed by atoms with Crippen LogP contribution in [0.1, 0.15) is 48.9 Å². The Morgan fingerprint density at radius 2 is 1.94 bits per heavy atom. The first kappa shape index (κ1) is 24.7. The van der Waals surface area contributed by atoms with Gasteiger partial charge >= 0.3 is 5.97 Å². The summed E-state index contributed by atoms with van der Waals surface area (Å²) in [6, 6.07) is 13.2. The molecule has 176 valence electrons. The third-order valence-corrected chi connectivity index (χ3v) is 6.08. The second-order valence-electron chi connectivity index (χ2n) is 9.40. The molecule has 2 aromatic carbocycles. The topological polar surface area (TPSA) is 103 Å². The lowest BCUT2D eigenvalue weighted by atomic mass is 9.88. The summed E-state index contributed by atoms with van der Waals surface area (Å²) < 4.78 is 20.2. The maximum atomic E-state index is 14.8. The third-order valence-electron chi connectivity index (χ3n) is 6.08. The molecule has 0 bridgehead atoms. The molecule has 0 aromatic heterocycles. The van der Waals surface area contributed by atoms with Crippen molar-refractivity contribution >= 4 is 5.97 Å². The Morgan fingerprint density at radius 3 is 2.55 bits per heavy atom. The lowest BCUT2D eigenvalue weighted by Gasteiger charge is -2.30. The number of benzene rings is 2. The maximum Gasteiger partial charge on any atom is 0.303 e. The average Bonchev–Trinajstić information content (AvgIpc) is 3.17. The number of β-amino-alcohol motifs (C(OH)–C–C–N with tert-alkyl or cyclic N) is 1. The minimum atomic E-state index is -1.04. The van der Waals surface area contributed by atoms with Gasteiger partial charge in [0.25, 0.3) is 0 Å². The highest BCUT2D eigenvalue weighted by molar-refractivity contribution is 5.67. The van der Waals surface area contributed by atoms with Crippen molar-refractivity contribution in [2.75, 3.05) is 13.2 Å². The Balaban J connectivity index is 1.51. The van der Waals surface area contributed by atoms with E-state index in [-0.39, 0.29) is 48.4 Å². The fourth-order valence-electron chi connectivity index (χ4n) is 4.48. The lowest BCUT2D eigenvalue weighted by Crippen LogP contribution is -2.46. The number of carbonyl (C=O) groups is 1. The van der Waals surface area contributed by atoms with E-state index in [1.165, 1.54) is 23.3 Å². The highest BCUT2D eigenvalue weighted by Crippen LogP contribution is 2.32. The fourth-order valence-corrected chi connectivity index (χ4v) is 4.48. The van der Waals surface area contributed by atoms with Gasteiger partial charge in [-0.1, -0.05) is 30.3 Å². The number of halogens is 1. The third kappa shape index (κ3) is 6.77. The summed E-state index contributed by atoms with van der Waals surface area (Å²) in [4.78, 5) is 10.8. The van der Waals surface area contributed by atoms with Crippen molar-refractivity contribution in [1.82, 2.24) is 5.32 Å². The van der Waals surface area contributed by atoms with Crippen LogP contribution in [-0.2, 0) is 24.1 Å². The van der Waals surface area contributed by atoms with Crippen molar-refractivity contribution in [3.8, 4) is 11.8 Å². The molecule has 7 heteroatoms. The van der Waals surface area contributed by atoms with Gasteiger partial charge in [-0.15, -0.1) is 0 Å². The van der Waals surface area contributed by atoms with Crippen LogP contribution in [0.2, 0.25) is 0 Å². The monoisotopic (exact) mass is 454 g/mol. The van der Waals surface area contributed by atoms with Crippen LogP contribution in [0.4, 0.5) is 4.39 Å². The molecule has 3 N–H and O–H groups in total. The molecular formula is C26H31FN2O4. The average molecular weight is 455 g/mol. The largest absolute Gasteiger partial charge is 0.486 e. The normalized spacial score (nSPS) is 14.5. The molecule has 0 amide bonds. The van der Waals surface area contributed by atoms with Crippen molar-refractivity contribution in [3.63, 3.8) is 0 Å². The molecule has 6 nitrogen and oxygen atoms in total. The minimum absolute atomic E-state index is 0.00728. The summed E-state index contributed by atoms with van der Waals surface area (Å²) in [5.41, 5.74) is 2.79. The molecule has 33 heavy (non-hydrogen) atoms. The number of rotatable bonds is 11. The number of hydrogen-bond donors (Lipinski definition) is 3. The van der Waals surface area contributed by atoms with Gasteiger partial charge in [-0.3, -0.25) is 4.79 Å². The molecule has 0 spiro atoms. The first-order valence-corrected chi connectivity index (χ1v) is 11.2. The number of carboxylic acids is 1. The highest BCUT2D eigenvalue weighted by Gasteiger charge is 2.28. The van der Waals surface area contributed by atoms with E-state index in [9.17, 15) is 19.6 Å². The van der Waals surface area contributed by atoms with Gasteiger partial charge in [0.1, 0.15) is 18.8 Å². The van der Waals surface area contributed by atoms with Crippen LogP contribution in [0.5, 0.6) is 5.75 Å². The first-order valence-electron chi connectivity index (χ1n) is 11.2. The number of aliphatic carboxylic acids is 1. The molecular weight excluding hydrogens is 423 g/mol. The fraction of sp³-hybridized carbons (Fsp3) is 0.462. The van der Waals surface area contributed by atoms with Crippen LogP contribution in [0, 0.1) is 23.1 Å². The molecule has 1 aliphatic rings. The number of nitrogens with zero attached hydrogens (tertiary/aromatic N) is 1. The van der Waals surface area contributed by atoms with Crippen LogP contribution in [0.25, 0.3) is 0 Å². The van der Waals surface area contributed by atoms with Crippen molar-refractivity contribution in [2.24, 2.45) is 5.92 Å². The van der Waals surface area contributed by atoms with Crippen molar-refractivity contribution in [3.05, 3.63) is 64.5 Å². The first-order chi connectivity index (χ1) is 15.7. The number of aryl methyl sites for hydroxylation is 1. The number of aliphatic hydroxyl groups is 1. The summed E-state index contributed by atoms with van der Waals surface area (Å²) in [6.07, 6.45) is 1.93. The molecule has 1 atom stereocenters. The Hall–Kier alpha value is -2.95. The van der Waals surface area contributed by atoms with E-state index in [0.29, 0.717) is 5.92 Å². The number of aliphatic hydroxyl groups excluding tert-OH is 1. The standard InChI is InChI=1S/C26H31FN2O4/c1-26(2,13-17-11-19-5-3-4-6-20(19)12-17)29-15-22(30)16-33-25-21(14-28)8-7-18(24(25)27)9-10-23(31)32/h3-8,17,22,29-30H,9-13,15-16H2,1-2H3,(H,31,32)/t22-/m0/s1. The van der Waals surface area contributed by atoms with Crippen LogP contribution in [0.15, 0.2) is 36.4 Å². The lowest BCUT2D eigenvalue weighted by molar-refractivity contribution is -0.136. The summed E-state index contributed by atoms with van der Waals surface area (Å²) in [5.74, 6) is -1.50. The second kappa shape index (κ2) is 10.8. The number of fused-ring (bicyclic) bond motifs is 1. The van der Waals surface area contributed by atoms with E-state index in [4.69, 9.17) is 9.84 Å². The van der Waals surface area contributed by atoms with Crippen molar-refractivity contribution in [2.45, 2.75) is 57.6 Å². The van der Waals surface area contributed by atoms with Crippen LogP contribution >= 0.6 is 0 Å². The van der Waals surface area contributed by atoms with E-state index in [2.05, 4.69) is 43.4 Å². The van der Waals surface area contributed by atoms with Crippen LogP contribution in [-0.4, -0.2) is 41.0 Å². The Labute approximate surface area is 194 Å². The Morgan fingerprint density at radius 1 is 1.27 bits per heavy atom. The van der Waals surface area contributed by atoms with E-state index in [1.54, 1.807) is 0 Å². The number of nitriles is 1. The van der Waals surface area contributed by atoms with Gasteiger partial charge in [-0.2, -0.15) is 5.26 Å². The molecule has 2 aromatic rings. The van der Waals surface area contributed by atoms with Gasteiger partial charge in [0.05, 0.1) is 5.56 Å². The molecule has 3 rings (SSSR count). The van der Waals surface area contributed by atoms with Crippen LogP contribution in [0.3, 0.4) is 0 Å². The Bertz CT molecular complexity index is 1010. The van der Waals surface area contributed by atoms with Crippen LogP contribution < -0.4 is 10.1 Å². The molecule has 0 radical (unpaired) electrons. The van der Waals surface area contributed by atoms with E-state index in [1.807, 2.05) is 6.07 Å². The van der Waals surface area contributed by atoms with Crippen molar-refractivity contribution in [1.29, 1.82) is 5.26 Å². The molecule has 0 saturated carbocycles. The molecule has 0 heterocycles. The number of ether oxygens (including phenoxy) is 1. The summed E-state index contributed by atoms with van der Waals surface area (Å²) >= 11 is 0. The maximum absolute atomic E-state index is 14.8. The molecule has 0 saturated heterocycles. The van der Waals surface area contributed by atoms with Gasteiger partial charge < -0.3 is 20.3 Å². The van der Waals surface area contributed by atoms with Gasteiger partial charge in [0, 0.05) is 18.5 Å². The number of carboxylic acid groups (broad SMARTS) is 1. The minimum Gasteiger partial charge on any atom is -0.486 e. The van der Waals surface area contributed by atoms with Gasteiger partial charge in [0.15, 0.2) is 11.6 Å².